The van der Waals surface area contributed by atoms with E-state index in [4.69, 9.17) is 32.7 Å². The monoisotopic (exact) mass is 559 g/mol. The number of hydrogen-bond donors (Lipinski definition) is 3. The van der Waals surface area contributed by atoms with E-state index in [0.29, 0.717) is 23.1 Å². The van der Waals surface area contributed by atoms with Crippen LogP contribution in [0.2, 0.25) is 10.0 Å². The topological polar surface area (TPSA) is 104 Å². The van der Waals surface area contributed by atoms with E-state index in [1.54, 1.807) is 18.3 Å². The Kier molecular flexibility index (Phi) is 9.33. The maximum Gasteiger partial charge on any atom is 0.319 e. The number of likely N-dealkylation sites (N-methyl/N-ethyl adjacent to an activating group) is 1. The first kappa shape index (κ1) is 27.6. The van der Waals surface area contributed by atoms with Crippen LogP contribution in [0.3, 0.4) is 0 Å². The minimum absolute atomic E-state index is 0.0837. The Morgan fingerprint density at radius 1 is 1.00 bits per heavy atom. The van der Waals surface area contributed by atoms with Gasteiger partial charge < -0.3 is 35.2 Å². The van der Waals surface area contributed by atoms with Crippen molar-refractivity contribution in [3.63, 3.8) is 0 Å². The van der Waals surface area contributed by atoms with Gasteiger partial charge in [0.2, 0.25) is 0 Å². The maximum atomic E-state index is 12.6. The molecule has 0 radical (unpaired) electrons. The Labute approximate surface area is 232 Å². The molecule has 1 aliphatic rings. The van der Waals surface area contributed by atoms with Crippen molar-refractivity contribution < 1.29 is 14.3 Å². The fraction of sp³-hybridized carbons (Fsp3) is 0.346. The number of nitrogens with zero attached hydrogens (tertiary/aromatic N) is 4. The summed E-state index contributed by atoms with van der Waals surface area (Å²) in [4.78, 5) is 26.2. The molecule has 1 saturated heterocycles. The molecule has 12 heteroatoms. The first-order chi connectivity index (χ1) is 18.4. The van der Waals surface area contributed by atoms with Gasteiger partial charge in [-0.25, -0.2) is 14.8 Å². The third kappa shape index (κ3) is 6.69. The third-order valence-electron chi connectivity index (χ3n) is 6.25. The van der Waals surface area contributed by atoms with Gasteiger partial charge in [-0.2, -0.15) is 0 Å². The number of amides is 2. The van der Waals surface area contributed by atoms with E-state index in [0.717, 1.165) is 38.4 Å². The number of carbonyl (C=O) groups excluding carboxylic acids is 1. The van der Waals surface area contributed by atoms with Gasteiger partial charge in [-0.05, 0) is 36.9 Å². The summed E-state index contributed by atoms with van der Waals surface area (Å²) < 4.78 is 10.5. The lowest BCUT2D eigenvalue weighted by molar-refractivity contribution is 0.251. The number of ether oxygens (including phenoxy) is 2. The normalized spacial score (nSPS) is 13.7. The van der Waals surface area contributed by atoms with Gasteiger partial charge >= 0.3 is 6.03 Å². The molecule has 0 spiro atoms. The highest BCUT2D eigenvalue weighted by Crippen LogP contribution is 2.44. The summed E-state index contributed by atoms with van der Waals surface area (Å²) in [5.41, 5.74) is 2.29. The number of aromatic nitrogens is 2. The van der Waals surface area contributed by atoms with E-state index in [2.05, 4.69) is 54.8 Å². The zero-order chi connectivity index (χ0) is 27.1. The van der Waals surface area contributed by atoms with Crippen LogP contribution in [-0.2, 0) is 6.54 Å². The fourth-order valence-electron chi connectivity index (χ4n) is 4.09. The van der Waals surface area contributed by atoms with Gasteiger partial charge in [0.15, 0.2) is 0 Å². The van der Waals surface area contributed by atoms with E-state index < -0.39 is 6.03 Å². The molecule has 202 valence electrons. The van der Waals surface area contributed by atoms with E-state index in [-0.39, 0.29) is 22.3 Å². The molecule has 0 atom stereocenters. The van der Waals surface area contributed by atoms with Gasteiger partial charge in [0.25, 0.3) is 0 Å². The molecule has 2 heterocycles. The molecular formula is C26H31Cl2N7O3. The van der Waals surface area contributed by atoms with Crippen LogP contribution in [0.1, 0.15) is 12.7 Å². The standard InChI is InChI=1S/C26H31Cl2N7O3/c1-4-34-11-13-35(14-12-34)18-7-5-17(6-8-18)31-21-9-10-29-22(32-21)16-30-26(36)33-25-23(27)19(37-2)15-20(38-3)24(25)28/h5-10,15H,4,11-14,16H2,1-3H3,(H,29,31,32)(H2,30,33,36). The highest BCUT2D eigenvalue weighted by atomic mass is 35.5. The Morgan fingerprint density at radius 2 is 1.66 bits per heavy atom. The van der Waals surface area contributed by atoms with Gasteiger partial charge in [-0.1, -0.05) is 30.1 Å². The van der Waals surface area contributed by atoms with E-state index in [1.807, 2.05) is 12.1 Å². The number of halogens is 2. The van der Waals surface area contributed by atoms with Crippen LogP contribution in [0.25, 0.3) is 0 Å². The molecule has 3 aromatic rings. The second-order valence-electron chi connectivity index (χ2n) is 8.54. The first-order valence-electron chi connectivity index (χ1n) is 12.2. The van der Waals surface area contributed by atoms with Gasteiger partial charge in [0.1, 0.15) is 33.2 Å². The largest absolute Gasteiger partial charge is 0.495 e. The van der Waals surface area contributed by atoms with Crippen molar-refractivity contribution in [3.05, 3.63) is 58.5 Å². The zero-order valence-electron chi connectivity index (χ0n) is 21.6. The second kappa shape index (κ2) is 12.9. The lowest BCUT2D eigenvalue weighted by Gasteiger charge is -2.35. The lowest BCUT2D eigenvalue weighted by Crippen LogP contribution is -2.46. The van der Waals surface area contributed by atoms with Crippen molar-refractivity contribution >= 4 is 52.1 Å². The molecule has 1 aromatic heterocycles. The maximum absolute atomic E-state index is 12.6. The minimum atomic E-state index is -0.540. The molecule has 0 bridgehead atoms. The van der Waals surface area contributed by atoms with Crippen molar-refractivity contribution in [2.75, 3.05) is 62.5 Å². The summed E-state index contributed by atoms with van der Waals surface area (Å²) in [5.74, 6) is 1.68. The minimum Gasteiger partial charge on any atom is -0.495 e. The zero-order valence-corrected chi connectivity index (χ0v) is 23.1. The highest BCUT2D eigenvalue weighted by Gasteiger charge is 2.19. The Bertz CT molecular complexity index is 1220. The molecule has 38 heavy (non-hydrogen) atoms. The molecule has 0 saturated carbocycles. The molecule has 0 aliphatic carbocycles. The summed E-state index contributed by atoms with van der Waals surface area (Å²) in [6.45, 7) is 7.60. The van der Waals surface area contributed by atoms with Crippen LogP contribution in [0.15, 0.2) is 42.6 Å². The first-order valence-corrected chi connectivity index (χ1v) is 13.0. The van der Waals surface area contributed by atoms with Crippen LogP contribution >= 0.6 is 23.2 Å². The van der Waals surface area contributed by atoms with Crippen LogP contribution in [0.4, 0.5) is 27.7 Å². The van der Waals surface area contributed by atoms with Crippen LogP contribution in [0, 0.1) is 0 Å². The number of nitrogens with one attached hydrogen (secondary N) is 3. The number of hydrogen-bond acceptors (Lipinski definition) is 8. The molecule has 3 N–H and O–H groups in total. The van der Waals surface area contributed by atoms with Crippen molar-refractivity contribution in [1.82, 2.24) is 20.2 Å². The number of benzene rings is 2. The Hall–Kier alpha value is -3.47. The Balaban J connectivity index is 1.34. The van der Waals surface area contributed by atoms with E-state index in [9.17, 15) is 4.79 Å². The van der Waals surface area contributed by atoms with E-state index >= 15 is 0 Å². The summed E-state index contributed by atoms with van der Waals surface area (Å²) >= 11 is 12.6. The summed E-state index contributed by atoms with van der Waals surface area (Å²) in [6.07, 6.45) is 1.63. The molecule has 1 fully saturated rings. The Morgan fingerprint density at radius 3 is 2.26 bits per heavy atom. The SMILES string of the molecule is CCN1CCN(c2ccc(Nc3ccnc(CNC(=O)Nc4c(Cl)c(OC)cc(OC)c4Cl)n3)cc2)CC1. The van der Waals surface area contributed by atoms with Crippen molar-refractivity contribution in [1.29, 1.82) is 0 Å². The highest BCUT2D eigenvalue weighted by molar-refractivity contribution is 6.41. The summed E-state index contributed by atoms with van der Waals surface area (Å²) in [5, 5.41) is 8.95. The van der Waals surface area contributed by atoms with Gasteiger partial charge in [0, 0.05) is 49.8 Å². The van der Waals surface area contributed by atoms with Crippen molar-refractivity contribution in [2.45, 2.75) is 13.5 Å². The molecule has 10 nitrogen and oxygen atoms in total. The van der Waals surface area contributed by atoms with Crippen LogP contribution in [0.5, 0.6) is 11.5 Å². The van der Waals surface area contributed by atoms with Gasteiger partial charge in [-0.3, -0.25) is 0 Å². The number of rotatable bonds is 9. The number of piperazine rings is 1. The third-order valence-corrected chi connectivity index (χ3v) is 7.00. The number of carbonyl (C=O) groups is 1. The van der Waals surface area contributed by atoms with Crippen molar-refractivity contribution in [2.24, 2.45) is 0 Å². The van der Waals surface area contributed by atoms with Crippen LogP contribution < -0.4 is 30.3 Å². The van der Waals surface area contributed by atoms with Gasteiger partial charge in [-0.15, -0.1) is 0 Å². The van der Waals surface area contributed by atoms with E-state index in [1.165, 1.54) is 19.9 Å². The quantitative estimate of drug-likeness (QED) is 0.336. The molecule has 4 rings (SSSR count). The summed E-state index contributed by atoms with van der Waals surface area (Å²) in [7, 11) is 2.92. The average Bonchev–Trinajstić information content (AvgIpc) is 2.95. The summed E-state index contributed by atoms with van der Waals surface area (Å²) in [6, 6.07) is 11.1. The van der Waals surface area contributed by atoms with Crippen molar-refractivity contribution in [3.8, 4) is 11.5 Å². The molecule has 2 amide bonds. The number of methoxy groups -OCH3 is 2. The lowest BCUT2D eigenvalue weighted by atomic mass is 10.2. The smallest absolute Gasteiger partial charge is 0.319 e. The molecule has 0 unspecified atom stereocenters. The predicted molar refractivity (Wildman–Crippen MR) is 152 cm³/mol. The van der Waals surface area contributed by atoms with Crippen LogP contribution in [-0.4, -0.2) is 67.8 Å². The average molecular weight is 560 g/mol. The molecular weight excluding hydrogens is 529 g/mol. The fourth-order valence-corrected chi connectivity index (χ4v) is 4.69. The number of anilines is 4. The van der Waals surface area contributed by atoms with Gasteiger partial charge in [0.05, 0.1) is 26.5 Å². The molecule has 2 aromatic carbocycles. The number of urea groups is 1. The second-order valence-corrected chi connectivity index (χ2v) is 9.30. The predicted octanol–water partition coefficient (Wildman–Crippen LogP) is 5.01. The molecule has 1 aliphatic heterocycles.